The average Bonchev–Trinajstić information content (AvgIpc) is 2.68. The molecule has 30 heavy (non-hydrogen) atoms. The largest absolute Gasteiger partial charge is 0.335 e. The Bertz CT molecular complexity index is 878. The molecule has 5 heteroatoms. The van der Waals surface area contributed by atoms with E-state index < -0.39 is 0 Å². The number of benzene rings is 1. The van der Waals surface area contributed by atoms with Gasteiger partial charge in [-0.05, 0) is 81.3 Å². The van der Waals surface area contributed by atoms with Gasteiger partial charge in [-0.3, -0.25) is 0 Å². The molecule has 5 rings (SSSR count). The molecule has 1 aliphatic heterocycles. The normalized spacial score (nSPS) is 29.5. The molecule has 0 aromatic heterocycles. The minimum atomic E-state index is -0.239. The molecule has 3 aliphatic carbocycles. The average molecular weight is 410 g/mol. The van der Waals surface area contributed by atoms with Crippen LogP contribution in [0.25, 0.3) is 0 Å². The molecule has 4 aliphatic rings. The SMILES string of the molecule is CN(C)C1CC(NC(=O)N2CCC3=C(C=CC4(CCC4)C3)[C@@H]2c2ccc(F)cc2)C1. The van der Waals surface area contributed by atoms with Gasteiger partial charge in [0, 0.05) is 18.6 Å². The van der Waals surface area contributed by atoms with E-state index in [1.54, 1.807) is 0 Å². The van der Waals surface area contributed by atoms with E-state index >= 15 is 0 Å². The van der Waals surface area contributed by atoms with Gasteiger partial charge in [0.2, 0.25) is 0 Å². The number of hydrogen-bond donors (Lipinski definition) is 1. The quantitative estimate of drug-likeness (QED) is 0.778. The van der Waals surface area contributed by atoms with Crippen molar-refractivity contribution in [2.24, 2.45) is 5.41 Å². The lowest BCUT2D eigenvalue weighted by molar-refractivity contribution is 0.129. The maximum atomic E-state index is 13.6. The van der Waals surface area contributed by atoms with Crippen LogP contribution in [0.1, 0.15) is 56.6 Å². The van der Waals surface area contributed by atoms with Gasteiger partial charge in [0.15, 0.2) is 0 Å². The molecule has 1 spiro atoms. The number of carbonyl (C=O) groups excluding carboxylic acids is 1. The first kappa shape index (κ1) is 19.8. The number of hydrogen-bond acceptors (Lipinski definition) is 2. The highest BCUT2D eigenvalue weighted by molar-refractivity contribution is 5.76. The summed E-state index contributed by atoms with van der Waals surface area (Å²) in [6.07, 6.45) is 12.6. The van der Waals surface area contributed by atoms with Crippen LogP contribution in [-0.2, 0) is 0 Å². The third-order valence-electron chi connectivity index (χ3n) is 7.82. The lowest BCUT2D eigenvalue weighted by Gasteiger charge is -2.47. The summed E-state index contributed by atoms with van der Waals surface area (Å²) in [4.78, 5) is 17.5. The molecular weight excluding hydrogens is 377 g/mol. The van der Waals surface area contributed by atoms with E-state index in [0.29, 0.717) is 11.5 Å². The minimum absolute atomic E-state index is 0.00964. The predicted octanol–water partition coefficient (Wildman–Crippen LogP) is 4.80. The van der Waals surface area contributed by atoms with Gasteiger partial charge >= 0.3 is 6.03 Å². The zero-order chi connectivity index (χ0) is 20.9. The highest BCUT2D eigenvalue weighted by Crippen LogP contribution is 2.53. The van der Waals surface area contributed by atoms with Gasteiger partial charge in [-0.2, -0.15) is 0 Å². The smallest absolute Gasteiger partial charge is 0.318 e. The van der Waals surface area contributed by atoms with Crippen molar-refractivity contribution >= 4 is 6.03 Å². The van der Waals surface area contributed by atoms with Gasteiger partial charge in [-0.1, -0.05) is 36.3 Å². The Kier molecular flexibility index (Phi) is 4.97. The van der Waals surface area contributed by atoms with Crippen molar-refractivity contribution in [2.45, 2.75) is 63.1 Å². The first-order valence-corrected chi connectivity index (χ1v) is 11.3. The van der Waals surface area contributed by atoms with E-state index in [1.165, 1.54) is 42.5 Å². The molecule has 2 fully saturated rings. The van der Waals surface area contributed by atoms with Gasteiger partial charge in [0.1, 0.15) is 5.82 Å². The molecule has 1 aromatic carbocycles. The van der Waals surface area contributed by atoms with Crippen molar-refractivity contribution in [1.29, 1.82) is 0 Å². The molecule has 0 unspecified atom stereocenters. The van der Waals surface area contributed by atoms with E-state index in [-0.39, 0.29) is 23.9 Å². The van der Waals surface area contributed by atoms with Crippen molar-refractivity contribution in [2.75, 3.05) is 20.6 Å². The highest BCUT2D eigenvalue weighted by Gasteiger charge is 2.42. The summed E-state index contributed by atoms with van der Waals surface area (Å²) in [7, 11) is 4.19. The Balaban J connectivity index is 1.39. The molecule has 4 nitrogen and oxygen atoms in total. The van der Waals surface area contributed by atoms with Gasteiger partial charge < -0.3 is 15.1 Å². The van der Waals surface area contributed by atoms with Crippen molar-refractivity contribution in [3.05, 3.63) is 58.9 Å². The van der Waals surface area contributed by atoms with Crippen molar-refractivity contribution in [3.8, 4) is 0 Å². The molecule has 160 valence electrons. The van der Waals surface area contributed by atoms with Gasteiger partial charge in [0.05, 0.1) is 6.04 Å². The molecule has 1 N–H and O–H groups in total. The number of nitrogens with zero attached hydrogens (tertiary/aromatic N) is 2. The Morgan fingerprint density at radius 1 is 1.20 bits per heavy atom. The molecule has 1 aromatic rings. The van der Waals surface area contributed by atoms with E-state index in [9.17, 15) is 9.18 Å². The number of carbonyl (C=O) groups is 1. The van der Waals surface area contributed by atoms with Gasteiger partial charge in [-0.15, -0.1) is 0 Å². The number of nitrogens with one attached hydrogen (secondary N) is 1. The van der Waals surface area contributed by atoms with Crippen LogP contribution in [0.15, 0.2) is 47.6 Å². The van der Waals surface area contributed by atoms with Crippen molar-refractivity contribution in [1.82, 2.24) is 15.1 Å². The van der Waals surface area contributed by atoms with E-state index in [4.69, 9.17) is 0 Å². The summed E-state index contributed by atoms with van der Waals surface area (Å²) < 4.78 is 13.6. The number of allylic oxidation sites excluding steroid dienone is 1. The van der Waals surface area contributed by atoms with Crippen LogP contribution in [0.2, 0.25) is 0 Å². The molecular formula is C25H32FN3O. The summed E-state index contributed by atoms with van der Waals surface area (Å²) in [6, 6.07) is 7.37. The summed E-state index contributed by atoms with van der Waals surface area (Å²) in [5, 5.41) is 3.26. The first-order chi connectivity index (χ1) is 14.4. The van der Waals surface area contributed by atoms with Crippen molar-refractivity contribution < 1.29 is 9.18 Å². The van der Waals surface area contributed by atoms with Crippen LogP contribution in [0.3, 0.4) is 0 Å². The maximum Gasteiger partial charge on any atom is 0.318 e. The second-order valence-corrected chi connectivity index (χ2v) is 9.92. The Hall–Kier alpha value is -2.14. The monoisotopic (exact) mass is 409 g/mol. The number of amides is 2. The molecule has 2 amide bonds. The summed E-state index contributed by atoms with van der Waals surface area (Å²) in [5.41, 5.74) is 4.10. The van der Waals surface area contributed by atoms with E-state index in [2.05, 4.69) is 36.5 Å². The highest BCUT2D eigenvalue weighted by atomic mass is 19.1. The van der Waals surface area contributed by atoms with Gasteiger partial charge in [-0.25, -0.2) is 9.18 Å². The first-order valence-electron chi connectivity index (χ1n) is 11.3. The summed E-state index contributed by atoms with van der Waals surface area (Å²) in [5.74, 6) is -0.239. The van der Waals surface area contributed by atoms with Crippen LogP contribution in [0, 0.1) is 11.2 Å². The van der Waals surface area contributed by atoms with E-state index in [0.717, 1.165) is 37.8 Å². The minimum Gasteiger partial charge on any atom is -0.335 e. The van der Waals surface area contributed by atoms with Crippen molar-refractivity contribution in [3.63, 3.8) is 0 Å². The lowest BCUT2D eigenvalue weighted by Crippen LogP contribution is -2.56. The molecule has 0 radical (unpaired) electrons. The second-order valence-electron chi connectivity index (χ2n) is 9.92. The molecule has 2 saturated carbocycles. The molecule has 0 saturated heterocycles. The van der Waals surface area contributed by atoms with Crippen LogP contribution >= 0.6 is 0 Å². The van der Waals surface area contributed by atoms with E-state index in [1.807, 2.05) is 17.0 Å². The number of urea groups is 1. The maximum absolute atomic E-state index is 13.6. The molecule has 1 atom stereocenters. The Labute approximate surface area is 178 Å². The zero-order valence-electron chi connectivity index (χ0n) is 18.0. The molecule has 1 heterocycles. The Morgan fingerprint density at radius 2 is 1.93 bits per heavy atom. The standard InChI is InChI=1S/C25H32FN3O/c1-28(2)21-14-20(15-21)27-24(30)29-13-9-18-16-25(10-3-11-25)12-8-22(18)23(29)17-4-6-19(26)7-5-17/h4-8,12,20-21,23H,3,9-11,13-16H2,1-2H3,(H,27,30)/t20?,21?,23-/m0/s1. The number of halogens is 1. The fourth-order valence-electron chi connectivity index (χ4n) is 5.62. The Morgan fingerprint density at radius 3 is 2.57 bits per heavy atom. The van der Waals surface area contributed by atoms with Gasteiger partial charge in [0.25, 0.3) is 0 Å². The fourth-order valence-corrected chi connectivity index (χ4v) is 5.62. The predicted molar refractivity (Wildman–Crippen MR) is 117 cm³/mol. The summed E-state index contributed by atoms with van der Waals surface area (Å²) >= 11 is 0. The summed E-state index contributed by atoms with van der Waals surface area (Å²) in [6.45, 7) is 0.723. The van der Waals surface area contributed by atoms with Crippen LogP contribution < -0.4 is 5.32 Å². The lowest BCUT2D eigenvalue weighted by atomic mass is 9.61. The third kappa shape index (κ3) is 3.47. The van der Waals surface area contributed by atoms with Crippen LogP contribution in [0.4, 0.5) is 9.18 Å². The van der Waals surface area contributed by atoms with Crippen LogP contribution in [0.5, 0.6) is 0 Å². The topological polar surface area (TPSA) is 35.6 Å². The second kappa shape index (κ2) is 7.52. The fraction of sp³-hybridized carbons (Fsp3) is 0.560. The van der Waals surface area contributed by atoms with Crippen LogP contribution in [-0.4, -0.2) is 48.6 Å². The zero-order valence-corrected chi connectivity index (χ0v) is 18.0. The molecule has 0 bridgehead atoms. The number of rotatable bonds is 3. The third-order valence-corrected chi connectivity index (χ3v) is 7.82.